The fourth-order valence-corrected chi connectivity index (χ4v) is 3.49. The molecule has 0 bridgehead atoms. The predicted molar refractivity (Wildman–Crippen MR) is 102 cm³/mol. The number of rotatable bonds is 3. The van der Waals surface area contributed by atoms with Gasteiger partial charge in [-0.2, -0.15) is 0 Å². The predicted octanol–water partition coefficient (Wildman–Crippen LogP) is 2.38. The molecule has 28 heavy (non-hydrogen) atoms. The molecular weight excluding hydrogens is 368 g/mol. The lowest BCUT2D eigenvalue weighted by Crippen LogP contribution is -2.43. The van der Waals surface area contributed by atoms with E-state index in [0.717, 1.165) is 54.8 Å². The van der Waals surface area contributed by atoms with E-state index >= 15 is 0 Å². The highest BCUT2D eigenvalue weighted by atomic mass is 19.1. The molecule has 6 nitrogen and oxygen atoms in total. The minimum Gasteiger partial charge on any atom is -0.477 e. The fraction of sp³-hybridized carbons (Fsp3) is 0.200. The van der Waals surface area contributed by atoms with Gasteiger partial charge < -0.3 is 19.9 Å². The molecule has 1 saturated heterocycles. The van der Waals surface area contributed by atoms with Crippen molar-refractivity contribution in [1.82, 2.24) is 9.88 Å². The summed E-state index contributed by atoms with van der Waals surface area (Å²) in [6.45, 7) is 3.09. The van der Waals surface area contributed by atoms with E-state index in [0.29, 0.717) is 0 Å². The molecule has 2 N–H and O–H groups in total. The molecule has 1 aliphatic heterocycles. The van der Waals surface area contributed by atoms with Gasteiger partial charge in [-0.1, -0.05) is 6.07 Å². The highest BCUT2D eigenvalue weighted by Crippen LogP contribution is 2.26. The van der Waals surface area contributed by atoms with Gasteiger partial charge in [0.15, 0.2) is 0 Å². The average molecular weight is 385 g/mol. The first kappa shape index (κ1) is 18.1. The van der Waals surface area contributed by atoms with Crippen LogP contribution in [0.1, 0.15) is 10.4 Å². The van der Waals surface area contributed by atoms with E-state index in [1.807, 2.05) is 0 Å². The molecule has 0 amide bonds. The third-order valence-electron chi connectivity index (χ3n) is 4.88. The largest absolute Gasteiger partial charge is 0.477 e. The summed E-state index contributed by atoms with van der Waals surface area (Å²) in [5, 5.41) is 12.7. The summed E-state index contributed by atoms with van der Waals surface area (Å²) < 4.78 is 30.0. The maximum absolute atomic E-state index is 14.4. The van der Waals surface area contributed by atoms with Crippen molar-refractivity contribution >= 4 is 22.6 Å². The van der Waals surface area contributed by atoms with Crippen LogP contribution in [0.15, 0.2) is 47.4 Å². The van der Waals surface area contributed by atoms with Crippen LogP contribution < -0.4 is 15.6 Å². The van der Waals surface area contributed by atoms with Crippen LogP contribution in [0.25, 0.3) is 16.6 Å². The molecule has 0 unspecified atom stereocenters. The van der Waals surface area contributed by atoms with E-state index in [1.54, 1.807) is 12.1 Å². The summed E-state index contributed by atoms with van der Waals surface area (Å²) in [6, 6.07) is 8.30. The highest BCUT2D eigenvalue weighted by Gasteiger charge is 2.20. The number of anilines is 1. The molecule has 0 spiro atoms. The van der Waals surface area contributed by atoms with E-state index in [1.165, 1.54) is 12.1 Å². The van der Waals surface area contributed by atoms with Gasteiger partial charge in [0.2, 0.25) is 5.43 Å². The monoisotopic (exact) mass is 385 g/mol. The Balaban J connectivity index is 2.04. The summed E-state index contributed by atoms with van der Waals surface area (Å²) >= 11 is 0. The van der Waals surface area contributed by atoms with Crippen molar-refractivity contribution in [2.24, 2.45) is 0 Å². The van der Waals surface area contributed by atoms with Gasteiger partial charge in [0.25, 0.3) is 0 Å². The molecule has 1 aromatic heterocycles. The van der Waals surface area contributed by atoms with Crippen LogP contribution in [0.2, 0.25) is 0 Å². The normalized spacial score (nSPS) is 14.4. The van der Waals surface area contributed by atoms with Crippen LogP contribution in [-0.4, -0.2) is 41.8 Å². The maximum atomic E-state index is 14.4. The SMILES string of the molecule is O=C(O)c1cn(-c2c(F)cccc2F)c2cc(N3CCNCC3)ccc2c1=O. The molecule has 8 heteroatoms. The second kappa shape index (κ2) is 7.05. The number of hydrogen-bond donors (Lipinski definition) is 2. The highest BCUT2D eigenvalue weighted by molar-refractivity contribution is 5.94. The number of benzene rings is 2. The lowest BCUT2D eigenvalue weighted by Gasteiger charge is -2.29. The van der Waals surface area contributed by atoms with E-state index in [2.05, 4.69) is 10.2 Å². The molecule has 0 atom stereocenters. The number of hydrogen-bond acceptors (Lipinski definition) is 4. The number of nitrogens with zero attached hydrogens (tertiary/aromatic N) is 2. The van der Waals surface area contributed by atoms with E-state index in [4.69, 9.17) is 0 Å². The first-order valence-corrected chi connectivity index (χ1v) is 8.80. The molecule has 2 aromatic carbocycles. The number of carboxylic acids is 1. The molecule has 0 radical (unpaired) electrons. The smallest absolute Gasteiger partial charge is 0.341 e. The van der Waals surface area contributed by atoms with Gasteiger partial charge in [-0.25, -0.2) is 13.6 Å². The summed E-state index contributed by atoms with van der Waals surface area (Å²) in [4.78, 5) is 26.2. The topological polar surface area (TPSA) is 74.6 Å². The first-order chi connectivity index (χ1) is 13.5. The molecule has 1 aliphatic rings. The van der Waals surface area contributed by atoms with Crippen LogP contribution in [0, 0.1) is 11.6 Å². The minimum atomic E-state index is -1.46. The van der Waals surface area contributed by atoms with Crippen molar-refractivity contribution in [2.75, 3.05) is 31.1 Å². The number of para-hydroxylation sites is 1. The van der Waals surface area contributed by atoms with Crippen molar-refractivity contribution in [3.8, 4) is 5.69 Å². The Labute approximate surface area is 158 Å². The Morgan fingerprint density at radius 2 is 1.75 bits per heavy atom. The number of aromatic carboxylic acids is 1. The summed E-state index contributed by atoms with van der Waals surface area (Å²) in [5.41, 5.74) is -0.628. The zero-order valence-electron chi connectivity index (χ0n) is 14.8. The standard InChI is InChI=1S/C20H17F2N3O3/c21-15-2-1-3-16(22)18(15)25-11-14(20(27)28)19(26)13-5-4-12(10-17(13)25)24-8-6-23-7-9-24/h1-5,10-11,23H,6-9H2,(H,27,28). The molecule has 0 saturated carbocycles. The van der Waals surface area contributed by atoms with Crippen molar-refractivity contribution < 1.29 is 18.7 Å². The van der Waals surface area contributed by atoms with E-state index in [9.17, 15) is 23.5 Å². The van der Waals surface area contributed by atoms with Crippen LogP contribution in [-0.2, 0) is 0 Å². The number of nitrogens with one attached hydrogen (secondary N) is 1. The zero-order chi connectivity index (χ0) is 19.8. The van der Waals surface area contributed by atoms with Crippen molar-refractivity contribution in [1.29, 1.82) is 0 Å². The molecular formula is C20H17F2N3O3. The summed E-state index contributed by atoms with van der Waals surface area (Å²) in [6.07, 6.45) is 0.982. The minimum absolute atomic E-state index is 0.0847. The second-order valence-corrected chi connectivity index (χ2v) is 6.56. The van der Waals surface area contributed by atoms with Crippen molar-refractivity contribution in [3.05, 3.63) is 70.0 Å². The third kappa shape index (κ3) is 3.01. The van der Waals surface area contributed by atoms with Gasteiger partial charge in [0, 0.05) is 43.4 Å². The van der Waals surface area contributed by atoms with Crippen LogP contribution in [0.5, 0.6) is 0 Å². The summed E-state index contributed by atoms with van der Waals surface area (Å²) in [7, 11) is 0. The third-order valence-corrected chi connectivity index (χ3v) is 4.88. The molecule has 1 fully saturated rings. The van der Waals surface area contributed by atoms with Gasteiger partial charge in [-0.05, 0) is 30.3 Å². The first-order valence-electron chi connectivity index (χ1n) is 8.80. The van der Waals surface area contributed by atoms with Gasteiger partial charge in [0.05, 0.1) is 5.52 Å². The van der Waals surface area contributed by atoms with Crippen molar-refractivity contribution in [2.45, 2.75) is 0 Å². The quantitative estimate of drug-likeness (QED) is 0.724. The average Bonchev–Trinajstić information content (AvgIpc) is 2.69. The Hall–Kier alpha value is -3.26. The van der Waals surface area contributed by atoms with Gasteiger partial charge in [-0.15, -0.1) is 0 Å². The molecule has 2 heterocycles. The molecule has 4 rings (SSSR count). The number of halogens is 2. The number of carboxylic acid groups (broad SMARTS) is 1. The number of aromatic nitrogens is 1. The van der Waals surface area contributed by atoms with Gasteiger partial charge >= 0.3 is 5.97 Å². The van der Waals surface area contributed by atoms with E-state index < -0.39 is 34.3 Å². The summed E-state index contributed by atoms with van der Waals surface area (Å²) in [5.74, 6) is -3.16. The Bertz CT molecular complexity index is 1120. The van der Waals surface area contributed by atoms with Crippen LogP contribution in [0.4, 0.5) is 14.5 Å². The Morgan fingerprint density at radius 3 is 2.39 bits per heavy atom. The second-order valence-electron chi connectivity index (χ2n) is 6.56. The number of piperazine rings is 1. The zero-order valence-corrected chi connectivity index (χ0v) is 14.8. The van der Waals surface area contributed by atoms with E-state index in [-0.39, 0.29) is 10.9 Å². The molecule has 144 valence electrons. The maximum Gasteiger partial charge on any atom is 0.341 e. The fourth-order valence-electron chi connectivity index (χ4n) is 3.49. The Morgan fingerprint density at radius 1 is 1.07 bits per heavy atom. The lowest BCUT2D eigenvalue weighted by molar-refractivity contribution is 0.0695. The number of pyridine rings is 1. The number of fused-ring (bicyclic) bond motifs is 1. The molecule has 0 aliphatic carbocycles. The lowest BCUT2D eigenvalue weighted by atomic mass is 10.1. The van der Waals surface area contributed by atoms with Gasteiger partial charge in [-0.3, -0.25) is 4.79 Å². The van der Waals surface area contributed by atoms with Gasteiger partial charge in [0.1, 0.15) is 22.9 Å². The van der Waals surface area contributed by atoms with Crippen molar-refractivity contribution in [3.63, 3.8) is 0 Å². The molecule has 3 aromatic rings. The number of carbonyl (C=O) groups is 1. The van der Waals surface area contributed by atoms with Crippen LogP contribution >= 0.6 is 0 Å². The Kier molecular flexibility index (Phi) is 4.56. The van der Waals surface area contributed by atoms with Crippen LogP contribution in [0.3, 0.4) is 0 Å².